The van der Waals surface area contributed by atoms with Crippen LogP contribution >= 0.6 is 11.3 Å². The minimum Gasteiger partial charge on any atom is -0.489 e. The van der Waals surface area contributed by atoms with Crippen LogP contribution in [0.5, 0.6) is 5.75 Å². The number of nitrogens with one attached hydrogen (secondary N) is 1. The van der Waals surface area contributed by atoms with Crippen LogP contribution < -0.4 is 10.1 Å². The van der Waals surface area contributed by atoms with Crippen LogP contribution in [0.1, 0.15) is 27.2 Å². The Bertz CT molecular complexity index is 862. The maximum Gasteiger partial charge on any atom is 0.273 e. The maximum atomic E-state index is 13.2. The molecule has 3 aromatic rings. The lowest BCUT2D eigenvalue weighted by molar-refractivity contribution is 0.0953. The van der Waals surface area contributed by atoms with Crippen molar-refractivity contribution in [1.29, 1.82) is 0 Å². The molecule has 0 atom stereocenters. The number of amides is 1. The number of halogens is 2. The molecule has 6 heteroatoms. The Morgan fingerprint density at radius 2 is 1.96 bits per heavy atom. The zero-order chi connectivity index (χ0) is 17.1. The molecule has 3 nitrogen and oxygen atoms in total. The smallest absolute Gasteiger partial charge is 0.273 e. The second-order valence-electron chi connectivity index (χ2n) is 5.15. The molecule has 0 saturated heterocycles. The molecule has 2 aromatic carbocycles. The first-order chi connectivity index (χ1) is 11.6. The fraction of sp³-hybridized carbons (Fsp3) is 0.167. The van der Waals surface area contributed by atoms with E-state index in [2.05, 4.69) is 5.32 Å². The van der Waals surface area contributed by atoms with Crippen molar-refractivity contribution in [2.45, 2.75) is 13.0 Å². The molecule has 0 aliphatic carbocycles. The largest absolute Gasteiger partial charge is 0.489 e. The quantitative estimate of drug-likeness (QED) is 0.721. The highest BCUT2D eigenvalue weighted by molar-refractivity contribution is 7.19. The molecule has 0 spiro atoms. The molecule has 24 heavy (non-hydrogen) atoms. The number of benzene rings is 2. The Labute approximate surface area is 141 Å². The third-order valence-electron chi connectivity index (χ3n) is 3.59. The standard InChI is InChI=1S/C18H15F2NO2S/c1-21-18(22)15-13-9-12(23-10-11-5-3-2-4-6-11)7-8-14(13)24-16(15)17(19)20/h2-9,17H,10H2,1H3,(H,21,22). The summed E-state index contributed by atoms with van der Waals surface area (Å²) in [6.07, 6.45) is -2.69. The van der Waals surface area contributed by atoms with Gasteiger partial charge in [-0.25, -0.2) is 8.78 Å². The van der Waals surface area contributed by atoms with Crippen LogP contribution in [0.4, 0.5) is 8.78 Å². The first-order valence-corrected chi connectivity index (χ1v) is 8.15. The van der Waals surface area contributed by atoms with E-state index in [0.29, 0.717) is 22.4 Å². The summed E-state index contributed by atoms with van der Waals surface area (Å²) in [4.78, 5) is 11.8. The zero-order valence-electron chi connectivity index (χ0n) is 12.9. The van der Waals surface area contributed by atoms with Crippen molar-refractivity contribution < 1.29 is 18.3 Å². The summed E-state index contributed by atoms with van der Waals surface area (Å²) in [5, 5.41) is 2.91. The van der Waals surface area contributed by atoms with E-state index >= 15 is 0 Å². The summed E-state index contributed by atoms with van der Waals surface area (Å²) in [6.45, 7) is 0.369. The molecule has 1 aromatic heterocycles. The third kappa shape index (κ3) is 3.23. The Balaban J connectivity index is 1.95. The molecule has 0 aliphatic heterocycles. The van der Waals surface area contributed by atoms with E-state index in [4.69, 9.17) is 4.74 Å². The second-order valence-corrected chi connectivity index (χ2v) is 6.24. The predicted molar refractivity (Wildman–Crippen MR) is 90.9 cm³/mol. The molecule has 0 fully saturated rings. The minimum atomic E-state index is -2.69. The summed E-state index contributed by atoms with van der Waals surface area (Å²) in [5.74, 6) is 0.0203. The molecule has 0 saturated carbocycles. The van der Waals surface area contributed by atoms with Crippen LogP contribution in [-0.4, -0.2) is 13.0 Å². The summed E-state index contributed by atoms with van der Waals surface area (Å²) in [5.41, 5.74) is 1.03. The Morgan fingerprint density at radius 3 is 2.62 bits per heavy atom. The number of hydrogen-bond acceptors (Lipinski definition) is 3. The van der Waals surface area contributed by atoms with E-state index in [1.807, 2.05) is 30.3 Å². The lowest BCUT2D eigenvalue weighted by Gasteiger charge is -2.07. The summed E-state index contributed by atoms with van der Waals surface area (Å²) >= 11 is 0.932. The molecule has 0 radical (unpaired) electrons. The average molecular weight is 347 g/mol. The van der Waals surface area contributed by atoms with Gasteiger partial charge in [0, 0.05) is 17.1 Å². The van der Waals surface area contributed by atoms with Gasteiger partial charge in [-0.3, -0.25) is 4.79 Å². The highest BCUT2D eigenvalue weighted by Crippen LogP contribution is 2.39. The number of alkyl halides is 2. The molecule has 3 rings (SSSR count). The fourth-order valence-electron chi connectivity index (χ4n) is 2.44. The first kappa shape index (κ1) is 16.4. The maximum absolute atomic E-state index is 13.2. The molecule has 1 amide bonds. The number of rotatable bonds is 5. The van der Waals surface area contributed by atoms with Crippen molar-refractivity contribution in [3.63, 3.8) is 0 Å². The SMILES string of the molecule is CNC(=O)c1c(C(F)F)sc2ccc(OCc3ccccc3)cc12. The van der Waals surface area contributed by atoms with Gasteiger partial charge in [0.2, 0.25) is 0 Å². The van der Waals surface area contributed by atoms with Gasteiger partial charge >= 0.3 is 0 Å². The van der Waals surface area contributed by atoms with Crippen LogP contribution in [0.3, 0.4) is 0 Å². The van der Waals surface area contributed by atoms with Crippen LogP contribution in [0.25, 0.3) is 10.1 Å². The lowest BCUT2D eigenvalue weighted by Crippen LogP contribution is -2.18. The van der Waals surface area contributed by atoms with Gasteiger partial charge in [0.15, 0.2) is 0 Å². The highest BCUT2D eigenvalue weighted by atomic mass is 32.1. The summed E-state index contributed by atoms with van der Waals surface area (Å²) in [6, 6.07) is 14.7. The van der Waals surface area contributed by atoms with Crippen molar-refractivity contribution in [3.05, 3.63) is 64.5 Å². The van der Waals surface area contributed by atoms with Gasteiger partial charge in [-0.2, -0.15) is 0 Å². The van der Waals surface area contributed by atoms with Crippen LogP contribution in [0, 0.1) is 0 Å². The van der Waals surface area contributed by atoms with Crippen molar-refractivity contribution in [2.75, 3.05) is 7.05 Å². The molecule has 124 valence electrons. The van der Waals surface area contributed by atoms with Crippen molar-refractivity contribution in [1.82, 2.24) is 5.32 Å². The highest BCUT2D eigenvalue weighted by Gasteiger charge is 2.24. The predicted octanol–water partition coefficient (Wildman–Crippen LogP) is 4.78. The molecule has 1 heterocycles. The van der Waals surface area contributed by atoms with Crippen molar-refractivity contribution in [2.24, 2.45) is 0 Å². The second kappa shape index (κ2) is 6.97. The zero-order valence-corrected chi connectivity index (χ0v) is 13.7. The van der Waals surface area contributed by atoms with E-state index in [0.717, 1.165) is 16.9 Å². The topological polar surface area (TPSA) is 38.3 Å². The van der Waals surface area contributed by atoms with Crippen molar-refractivity contribution in [3.8, 4) is 5.75 Å². The Kier molecular flexibility index (Phi) is 4.76. The molecule has 0 unspecified atom stereocenters. The normalized spacial score (nSPS) is 11.0. The average Bonchev–Trinajstić information content (AvgIpc) is 2.99. The molecular formula is C18H15F2NO2S. The molecular weight excluding hydrogens is 332 g/mol. The monoisotopic (exact) mass is 347 g/mol. The van der Waals surface area contributed by atoms with E-state index in [-0.39, 0.29) is 10.4 Å². The molecule has 1 N–H and O–H groups in total. The van der Waals surface area contributed by atoms with Crippen LogP contribution in [0.2, 0.25) is 0 Å². The Hall–Kier alpha value is -2.47. The van der Waals surface area contributed by atoms with Crippen LogP contribution in [0.15, 0.2) is 48.5 Å². The van der Waals surface area contributed by atoms with Crippen molar-refractivity contribution >= 4 is 27.3 Å². The number of carbonyl (C=O) groups is 1. The van der Waals surface area contributed by atoms with Gasteiger partial charge in [0.1, 0.15) is 12.4 Å². The minimum absolute atomic E-state index is 0.0256. The van der Waals surface area contributed by atoms with Gasteiger partial charge in [0.05, 0.1) is 10.4 Å². The summed E-state index contributed by atoms with van der Waals surface area (Å²) in [7, 11) is 1.43. The number of carbonyl (C=O) groups excluding carboxylic acids is 1. The van der Waals surface area contributed by atoms with Gasteiger partial charge in [-0.15, -0.1) is 11.3 Å². The lowest BCUT2D eigenvalue weighted by atomic mass is 10.1. The fourth-order valence-corrected chi connectivity index (χ4v) is 3.48. The van der Waals surface area contributed by atoms with Gasteiger partial charge in [-0.05, 0) is 23.8 Å². The number of thiophene rings is 1. The van der Waals surface area contributed by atoms with E-state index in [9.17, 15) is 13.6 Å². The number of hydrogen-bond donors (Lipinski definition) is 1. The van der Waals surface area contributed by atoms with Crippen LogP contribution in [-0.2, 0) is 6.61 Å². The van der Waals surface area contributed by atoms with E-state index in [1.54, 1.807) is 18.2 Å². The first-order valence-electron chi connectivity index (χ1n) is 7.33. The van der Waals surface area contributed by atoms with Gasteiger partial charge < -0.3 is 10.1 Å². The van der Waals surface area contributed by atoms with Gasteiger partial charge in [0.25, 0.3) is 12.3 Å². The number of ether oxygens (including phenoxy) is 1. The van der Waals surface area contributed by atoms with E-state index < -0.39 is 12.3 Å². The number of fused-ring (bicyclic) bond motifs is 1. The van der Waals surface area contributed by atoms with E-state index in [1.165, 1.54) is 7.05 Å². The molecule has 0 bridgehead atoms. The Morgan fingerprint density at radius 1 is 1.21 bits per heavy atom. The third-order valence-corrected chi connectivity index (χ3v) is 4.77. The van der Waals surface area contributed by atoms with Gasteiger partial charge in [-0.1, -0.05) is 30.3 Å². The summed E-state index contributed by atoms with van der Waals surface area (Å²) < 4.78 is 32.8. The molecule has 0 aliphatic rings.